The third-order valence-electron chi connectivity index (χ3n) is 4.23. The Morgan fingerprint density at radius 3 is 2.59 bits per heavy atom. The number of morpholine rings is 1. The van der Waals surface area contributed by atoms with Gasteiger partial charge in [0, 0.05) is 30.4 Å². The van der Waals surface area contributed by atoms with E-state index in [0.29, 0.717) is 49.2 Å². The first kappa shape index (κ1) is 18.9. The second-order valence-electron chi connectivity index (χ2n) is 6.00. The van der Waals surface area contributed by atoms with Gasteiger partial charge in [0.2, 0.25) is 0 Å². The topological polar surface area (TPSA) is 87.3 Å². The summed E-state index contributed by atoms with van der Waals surface area (Å²) in [4.78, 5) is 26.5. The van der Waals surface area contributed by atoms with E-state index in [1.807, 2.05) is 0 Å². The van der Waals surface area contributed by atoms with Gasteiger partial charge in [0.05, 0.1) is 13.2 Å². The van der Waals surface area contributed by atoms with Gasteiger partial charge in [-0.05, 0) is 24.6 Å². The summed E-state index contributed by atoms with van der Waals surface area (Å²) in [5, 5.41) is 7.69. The lowest BCUT2D eigenvalue weighted by Crippen LogP contribution is -2.41. The first-order chi connectivity index (χ1) is 12.8. The molecule has 3 rings (SSSR count). The van der Waals surface area contributed by atoms with Crippen LogP contribution >= 0.6 is 0 Å². The molecule has 0 bridgehead atoms. The fourth-order valence-electron chi connectivity index (χ4n) is 2.71. The van der Waals surface area contributed by atoms with Crippen LogP contribution in [0.4, 0.5) is 18.9 Å². The highest BCUT2D eigenvalue weighted by Crippen LogP contribution is 2.28. The van der Waals surface area contributed by atoms with Crippen LogP contribution in [-0.4, -0.2) is 53.2 Å². The number of H-pyrrole nitrogens is 1. The molecule has 1 aliphatic rings. The number of anilines is 1. The van der Waals surface area contributed by atoms with E-state index in [9.17, 15) is 22.8 Å². The second kappa shape index (κ2) is 7.39. The Hall–Kier alpha value is -2.88. The fraction of sp³-hybridized carbons (Fsp3) is 0.353. The molecule has 2 N–H and O–H groups in total. The number of aromatic amines is 1. The zero-order valence-electron chi connectivity index (χ0n) is 14.4. The molecular weight excluding hydrogens is 365 g/mol. The maximum absolute atomic E-state index is 12.7. The zero-order chi connectivity index (χ0) is 19.6. The number of rotatable bonds is 3. The van der Waals surface area contributed by atoms with Gasteiger partial charge in [-0.2, -0.15) is 18.3 Å². The molecule has 0 aliphatic carbocycles. The molecule has 1 aromatic carbocycles. The van der Waals surface area contributed by atoms with Crippen molar-refractivity contribution in [3.8, 4) is 0 Å². The van der Waals surface area contributed by atoms with Crippen molar-refractivity contribution in [3.05, 3.63) is 46.8 Å². The van der Waals surface area contributed by atoms with Crippen LogP contribution in [0.2, 0.25) is 0 Å². The number of nitrogens with zero attached hydrogens (tertiary/aromatic N) is 2. The second-order valence-corrected chi connectivity index (χ2v) is 6.00. The van der Waals surface area contributed by atoms with Gasteiger partial charge in [-0.3, -0.25) is 14.7 Å². The lowest BCUT2D eigenvalue weighted by molar-refractivity contribution is -0.141. The molecule has 0 radical (unpaired) electrons. The predicted octanol–water partition coefficient (Wildman–Crippen LogP) is 2.46. The molecule has 1 fully saturated rings. The van der Waals surface area contributed by atoms with Crippen LogP contribution in [0.25, 0.3) is 0 Å². The van der Waals surface area contributed by atoms with E-state index in [1.165, 1.54) is 0 Å². The zero-order valence-corrected chi connectivity index (χ0v) is 14.4. The molecule has 10 heteroatoms. The fourth-order valence-corrected chi connectivity index (χ4v) is 2.71. The van der Waals surface area contributed by atoms with Crippen molar-refractivity contribution in [1.82, 2.24) is 15.1 Å². The highest BCUT2D eigenvalue weighted by atomic mass is 19.4. The third kappa shape index (κ3) is 4.11. The Kier molecular flexibility index (Phi) is 5.17. The molecule has 7 nitrogen and oxygen atoms in total. The van der Waals surface area contributed by atoms with Gasteiger partial charge >= 0.3 is 6.18 Å². The Bertz CT molecular complexity index is 857. The molecule has 2 aromatic rings. The summed E-state index contributed by atoms with van der Waals surface area (Å²) in [6, 6.07) is 5.44. The van der Waals surface area contributed by atoms with Gasteiger partial charge in [0.1, 0.15) is 5.69 Å². The lowest BCUT2D eigenvalue weighted by Gasteiger charge is -2.27. The number of hydrogen-bond donors (Lipinski definition) is 2. The van der Waals surface area contributed by atoms with Crippen molar-refractivity contribution in [2.75, 3.05) is 31.6 Å². The summed E-state index contributed by atoms with van der Waals surface area (Å²) in [5.41, 5.74) is -0.246. The van der Waals surface area contributed by atoms with Crippen LogP contribution in [0.3, 0.4) is 0 Å². The van der Waals surface area contributed by atoms with Crippen LogP contribution in [0.15, 0.2) is 24.3 Å². The van der Waals surface area contributed by atoms with E-state index in [1.54, 1.807) is 35.1 Å². The van der Waals surface area contributed by atoms with Crippen molar-refractivity contribution in [3.63, 3.8) is 0 Å². The predicted molar refractivity (Wildman–Crippen MR) is 89.4 cm³/mol. The smallest absolute Gasteiger partial charge is 0.378 e. The van der Waals surface area contributed by atoms with Crippen molar-refractivity contribution in [2.24, 2.45) is 0 Å². The first-order valence-electron chi connectivity index (χ1n) is 8.18. The van der Waals surface area contributed by atoms with E-state index < -0.39 is 23.5 Å². The lowest BCUT2D eigenvalue weighted by atomic mass is 10.0. The molecule has 1 saturated heterocycles. The number of benzene rings is 1. The average Bonchev–Trinajstić information content (AvgIpc) is 3.14. The summed E-state index contributed by atoms with van der Waals surface area (Å²) in [5.74, 6) is -0.994. The highest BCUT2D eigenvalue weighted by molar-refractivity contribution is 6.05. The number of nitrogens with one attached hydrogen (secondary N) is 2. The molecule has 0 unspecified atom stereocenters. The molecule has 2 heterocycles. The maximum atomic E-state index is 12.7. The number of amides is 2. The third-order valence-corrected chi connectivity index (χ3v) is 4.23. The minimum Gasteiger partial charge on any atom is -0.378 e. The summed E-state index contributed by atoms with van der Waals surface area (Å²) in [6.07, 6.45) is -4.62. The Labute approximate surface area is 152 Å². The molecule has 0 atom stereocenters. The molecule has 0 saturated carbocycles. The Morgan fingerprint density at radius 1 is 1.26 bits per heavy atom. The summed E-state index contributed by atoms with van der Waals surface area (Å²) >= 11 is 0. The number of carbonyl (C=O) groups excluding carboxylic acids is 2. The molecule has 144 valence electrons. The summed E-state index contributed by atoms with van der Waals surface area (Å²) in [6.45, 7) is 3.53. The van der Waals surface area contributed by atoms with Gasteiger partial charge in [-0.15, -0.1) is 0 Å². The maximum Gasteiger partial charge on any atom is 0.432 e. The van der Waals surface area contributed by atoms with Gasteiger partial charge in [-0.1, -0.05) is 6.07 Å². The molecule has 2 amide bonds. The number of ether oxygens (including phenoxy) is 1. The van der Waals surface area contributed by atoms with Crippen molar-refractivity contribution < 1.29 is 27.5 Å². The number of carbonyl (C=O) groups is 2. The number of hydrogen-bond acceptors (Lipinski definition) is 4. The van der Waals surface area contributed by atoms with E-state index in [2.05, 4.69) is 10.4 Å². The van der Waals surface area contributed by atoms with Crippen LogP contribution in [0, 0.1) is 6.92 Å². The van der Waals surface area contributed by atoms with E-state index in [0.717, 1.165) is 0 Å². The number of halogens is 3. The van der Waals surface area contributed by atoms with Crippen LogP contribution in [-0.2, 0) is 10.9 Å². The first-order valence-corrected chi connectivity index (χ1v) is 8.18. The van der Waals surface area contributed by atoms with Gasteiger partial charge in [0.25, 0.3) is 11.8 Å². The Morgan fingerprint density at radius 2 is 1.96 bits per heavy atom. The Balaban J connectivity index is 1.78. The largest absolute Gasteiger partial charge is 0.432 e. The average molecular weight is 382 g/mol. The minimum atomic E-state index is -4.62. The van der Waals surface area contributed by atoms with Crippen LogP contribution < -0.4 is 5.32 Å². The number of alkyl halides is 3. The van der Waals surface area contributed by atoms with Crippen molar-refractivity contribution in [2.45, 2.75) is 13.1 Å². The molecule has 1 aliphatic heterocycles. The standard InChI is InChI=1S/C17H17F3N4O3/c1-10-11(16(26)24-5-7-27-8-6-24)3-2-4-12(10)21-15(25)13-9-14(23-22-13)17(18,19)20/h2-4,9H,5-8H2,1H3,(H,21,25)(H,22,23). The van der Waals surface area contributed by atoms with Gasteiger partial charge in [0.15, 0.2) is 5.69 Å². The molecule has 27 heavy (non-hydrogen) atoms. The van der Waals surface area contributed by atoms with Gasteiger partial charge < -0.3 is 15.0 Å². The normalized spacial score (nSPS) is 14.9. The number of aromatic nitrogens is 2. The SMILES string of the molecule is Cc1c(NC(=O)c2cc(C(F)(F)F)[nH]n2)cccc1C(=O)N1CCOCC1. The molecule has 0 spiro atoms. The minimum absolute atomic E-state index is 0.189. The van der Waals surface area contributed by atoms with Crippen LogP contribution in [0.5, 0.6) is 0 Å². The van der Waals surface area contributed by atoms with Crippen molar-refractivity contribution in [1.29, 1.82) is 0 Å². The molecular formula is C17H17F3N4O3. The summed E-state index contributed by atoms with van der Waals surface area (Å²) in [7, 11) is 0. The highest BCUT2D eigenvalue weighted by Gasteiger charge is 2.34. The van der Waals surface area contributed by atoms with E-state index >= 15 is 0 Å². The van der Waals surface area contributed by atoms with E-state index in [-0.39, 0.29) is 5.91 Å². The monoisotopic (exact) mass is 382 g/mol. The van der Waals surface area contributed by atoms with Crippen LogP contribution in [0.1, 0.15) is 32.1 Å². The summed E-state index contributed by atoms with van der Waals surface area (Å²) < 4.78 is 43.1. The van der Waals surface area contributed by atoms with Gasteiger partial charge in [-0.25, -0.2) is 0 Å². The quantitative estimate of drug-likeness (QED) is 0.854. The van der Waals surface area contributed by atoms with Crippen molar-refractivity contribution >= 4 is 17.5 Å². The van der Waals surface area contributed by atoms with E-state index in [4.69, 9.17) is 4.74 Å². The molecule has 1 aromatic heterocycles.